The van der Waals surface area contributed by atoms with E-state index in [1.807, 2.05) is 6.92 Å². The molecule has 148 valence electrons. The van der Waals surface area contributed by atoms with Crippen LogP contribution in [0.3, 0.4) is 0 Å². The molecule has 2 unspecified atom stereocenters. The Bertz CT molecular complexity index is 731. The number of phenols is 1. The quantitative estimate of drug-likeness (QED) is 0.773. The zero-order valence-electron chi connectivity index (χ0n) is 15.0. The van der Waals surface area contributed by atoms with Crippen molar-refractivity contribution in [1.82, 2.24) is 4.90 Å². The van der Waals surface area contributed by atoms with Gasteiger partial charge in [-0.3, -0.25) is 14.5 Å². The highest BCUT2D eigenvalue weighted by Crippen LogP contribution is 2.39. The molecule has 1 aromatic rings. The molecular formula is C19H22F3NO3S. The SMILES string of the molecule is CC(C1CCCCC1)N1C(=O)SC(Cc2ccc(O)c(C(F)(F)F)c2)C1=O. The minimum Gasteiger partial charge on any atom is -0.507 e. The maximum atomic E-state index is 13.0. The van der Waals surface area contributed by atoms with Gasteiger partial charge in [-0.1, -0.05) is 37.1 Å². The normalized spacial score (nSPS) is 23.1. The molecule has 2 aliphatic rings. The van der Waals surface area contributed by atoms with Crippen molar-refractivity contribution in [2.24, 2.45) is 5.92 Å². The molecule has 1 heterocycles. The Labute approximate surface area is 160 Å². The van der Waals surface area contributed by atoms with E-state index in [0.29, 0.717) is 0 Å². The fourth-order valence-electron chi connectivity index (χ4n) is 3.95. The molecule has 1 saturated carbocycles. The predicted octanol–water partition coefficient (Wildman–Crippen LogP) is 4.99. The molecule has 1 saturated heterocycles. The number of hydrogen-bond donors (Lipinski definition) is 1. The zero-order chi connectivity index (χ0) is 19.8. The first-order valence-electron chi connectivity index (χ1n) is 9.11. The second-order valence-corrected chi connectivity index (χ2v) is 8.43. The lowest BCUT2D eigenvalue weighted by Crippen LogP contribution is -2.43. The number of halogens is 3. The Balaban J connectivity index is 1.74. The van der Waals surface area contributed by atoms with E-state index in [1.54, 1.807) is 0 Å². The third-order valence-electron chi connectivity index (χ3n) is 5.48. The minimum absolute atomic E-state index is 0.0203. The van der Waals surface area contributed by atoms with Crippen molar-refractivity contribution in [2.45, 2.75) is 62.9 Å². The molecule has 3 rings (SSSR count). The molecule has 8 heteroatoms. The first-order valence-corrected chi connectivity index (χ1v) is 9.99. The van der Waals surface area contributed by atoms with Crippen LogP contribution in [0.4, 0.5) is 18.0 Å². The molecule has 0 spiro atoms. The standard InChI is InChI=1S/C19H22F3NO3S/c1-11(13-5-3-2-4-6-13)23-17(25)16(27-18(23)26)10-12-7-8-15(24)14(9-12)19(20,21)22/h7-9,11,13,16,24H,2-6,10H2,1H3. The molecule has 2 amide bonds. The van der Waals surface area contributed by atoms with Gasteiger partial charge in [-0.25, -0.2) is 0 Å². The molecule has 27 heavy (non-hydrogen) atoms. The maximum Gasteiger partial charge on any atom is 0.419 e. The van der Waals surface area contributed by atoms with E-state index in [1.165, 1.54) is 17.4 Å². The van der Waals surface area contributed by atoms with E-state index in [-0.39, 0.29) is 35.1 Å². The predicted molar refractivity (Wildman–Crippen MR) is 96.5 cm³/mol. The molecule has 1 aliphatic carbocycles. The van der Waals surface area contributed by atoms with E-state index in [2.05, 4.69) is 0 Å². The number of hydrogen-bond acceptors (Lipinski definition) is 4. The van der Waals surface area contributed by atoms with Crippen LogP contribution < -0.4 is 0 Å². The number of nitrogens with zero attached hydrogens (tertiary/aromatic N) is 1. The number of amides is 2. The van der Waals surface area contributed by atoms with Gasteiger partial charge >= 0.3 is 6.18 Å². The van der Waals surface area contributed by atoms with E-state index in [9.17, 15) is 27.9 Å². The molecule has 4 nitrogen and oxygen atoms in total. The lowest BCUT2D eigenvalue weighted by molar-refractivity contribution is -0.138. The molecular weight excluding hydrogens is 379 g/mol. The van der Waals surface area contributed by atoms with Crippen LogP contribution in [0.1, 0.15) is 50.2 Å². The first kappa shape index (κ1) is 20.0. The number of thioether (sulfide) groups is 1. The minimum atomic E-state index is -4.68. The largest absolute Gasteiger partial charge is 0.507 e. The third-order valence-corrected chi connectivity index (χ3v) is 6.53. The maximum absolute atomic E-state index is 13.0. The lowest BCUT2D eigenvalue weighted by atomic mass is 9.84. The van der Waals surface area contributed by atoms with Gasteiger partial charge in [0.2, 0.25) is 5.91 Å². The van der Waals surface area contributed by atoms with Crippen molar-refractivity contribution in [3.05, 3.63) is 29.3 Å². The van der Waals surface area contributed by atoms with Crippen LogP contribution in [-0.2, 0) is 17.4 Å². The number of aromatic hydroxyl groups is 1. The highest BCUT2D eigenvalue weighted by Gasteiger charge is 2.44. The first-order chi connectivity index (χ1) is 12.7. The van der Waals surface area contributed by atoms with Crippen LogP contribution in [0.5, 0.6) is 5.75 Å². The number of carbonyl (C=O) groups excluding carboxylic acids is 2. The number of carbonyl (C=O) groups is 2. The Hall–Kier alpha value is -1.70. The van der Waals surface area contributed by atoms with Gasteiger partial charge < -0.3 is 5.11 Å². The monoisotopic (exact) mass is 401 g/mol. The van der Waals surface area contributed by atoms with Crippen molar-refractivity contribution in [1.29, 1.82) is 0 Å². The fourth-order valence-corrected chi connectivity index (χ4v) is 5.05. The molecule has 1 aliphatic heterocycles. The summed E-state index contributed by atoms with van der Waals surface area (Å²) in [7, 11) is 0. The average Bonchev–Trinajstić information content (AvgIpc) is 2.89. The van der Waals surface area contributed by atoms with E-state index < -0.39 is 22.7 Å². The molecule has 2 fully saturated rings. The Morgan fingerprint density at radius 1 is 1.22 bits per heavy atom. The van der Waals surface area contributed by atoms with Gasteiger partial charge in [0, 0.05) is 6.04 Å². The van der Waals surface area contributed by atoms with Crippen molar-refractivity contribution in [3.8, 4) is 5.75 Å². The number of imide groups is 1. The molecule has 0 bridgehead atoms. The van der Waals surface area contributed by atoms with E-state index >= 15 is 0 Å². The van der Waals surface area contributed by atoms with Gasteiger partial charge in [0.25, 0.3) is 5.24 Å². The molecule has 0 aromatic heterocycles. The Morgan fingerprint density at radius 3 is 2.52 bits per heavy atom. The van der Waals surface area contributed by atoms with Crippen LogP contribution in [-0.4, -0.2) is 32.4 Å². The number of rotatable bonds is 4. The molecule has 0 radical (unpaired) electrons. The fraction of sp³-hybridized carbons (Fsp3) is 0.579. The van der Waals surface area contributed by atoms with Gasteiger partial charge in [-0.2, -0.15) is 13.2 Å². The van der Waals surface area contributed by atoms with Gasteiger partial charge in [-0.15, -0.1) is 0 Å². The number of phenolic OH excluding ortho intramolecular Hbond substituents is 1. The topological polar surface area (TPSA) is 57.6 Å². The molecule has 1 N–H and O–H groups in total. The van der Waals surface area contributed by atoms with Crippen LogP contribution in [0.15, 0.2) is 18.2 Å². The summed E-state index contributed by atoms with van der Waals surface area (Å²) in [5.74, 6) is -0.888. The Morgan fingerprint density at radius 2 is 1.89 bits per heavy atom. The van der Waals surface area contributed by atoms with Crippen molar-refractivity contribution in [3.63, 3.8) is 0 Å². The highest BCUT2D eigenvalue weighted by molar-refractivity contribution is 8.15. The van der Waals surface area contributed by atoms with Crippen LogP contribution >= 0.6 is 11.8 Å². The summed E-state index contributed by atoms with van der Waals surface area (Å²) in [5.41, 5.74) is -0.861. The van der Waals surface area contributed by atoms with Gasteiger partial charge in [0.05, 0.1) is 10.8 Å². The summed E-state index contributed by atoms with van der Waals surface area (Å²) in [6, 6.07) is 3.00. The summed E-state index contributed by atoms with van der Waals surface area (Å²) < 4.78 is 38.9. The van der Waals surface area contributed by atoms with Crippen molar-refractivity contribution in [2.75, 3.05) is 0 Å². The summed E-state index contributed by atoms with van der Waals surface area (Å²) in [5, 5.41) is 8.38. The van der Waals surface area contributed by atoms with Crippen LogP contribution in [0, 0.1) is 5.92 Å². The van der Waals surface area contributed by atoms with Crippen molar-refractivity contribution >= 4 is 22.9 Å². The van der Waals surface area contributed by atoms with Gasteiger partial charge in [0.1, 0.15) is 5.75 Å². The van der Waals surface area contributed by atoms with Gasteiger partial charge in [0.15, 0.2) is 0 Å². The molecule has 1 aromatic carbocycles. The van der Waals surface area contributed by atoms with E-state index in [0.717, 1.165) is 49.6 Å². The summed E-state index contributed by atoms with van der Waals surface area (Å²) in [6.45, 7) is 1.89. The second kappa shape index (κ2) is 7.73. The van der Waals surface area contributed by atoms with Crippen LogP contribution in [0.25, 0.3) is 0 Å². The van der Waals surface area contributed by atoms with Gasteiger partial charge in [-0.05, 0) is 49.8 Å². The Kier molecular flexibility index (Phi) is 5.74. The lowest BCUT2D eigenvalue weighted by Gasteiger charge is -2.32. The highest BCUT2D eigenvalue weighted by atomic mass is 32.2. The zero-order valence-corrected chi connectivity index (χ0v) is 15.8. The third kappa shape index (κ3) is 4.25. The average molecular weight is 401 g/mol. The second-order valence-electron chi connectivity index (χ2n) is 7.27. The van der Waals surface area contributed by atoms with Crippen molar-refractivity contribution < 1.29 is 27.9 Å². The number of benzene rings is 1. The summed E-state index contributed by atoms with van der Waals surface area (Å²) >= 11 is 0.880. The summed E-state index contributed by atoms with van der Waals surface area (Å²) in [4.78, 5) is 26.5. The number of alkyl halides is 3. The molecule has 2 atom stereocenters. The van der Waals surface area contributed by atoms with Crippen LogP contribution in [0.2, 0.25) is 0 Å². The van der Waals surface area contributed by atoms with E-state index in [4.69, 9.17) is 0 Å². The smallest absolute Gasteiger partial charge is 0.419 e. The summed E-state index contributed by atoms with van der Waals surface area (Å²) in [6.07, 6.45) is 0.674.